The largest absolute Gasteiger partial charge is 0.354 e. The van der Waals surface area contributed by atoms with E-state index in [-0.39, 0.29) is 18.4 Å². The summed E-state index contributed by atoms with van der Waals surface area (Å²) in [6.07, 6.45) is 0.931. The fraction of sp³-hybridized carbons (Fsp3) is 0.714. The lowest BCUT2D eigenvalue weighted by Gasteiger charge is -2.09. The minimum atomic E-state index is -0.423. The summed E-state index contributed by atoms with van der Waals surface area (Å²) >= 11 is 0. The summed E-state index contributed by atoms with van der Waals surface area (Å²) < 4.78 is 0. The van der Waals surface area contributed by atoms with Crippen LogP contribution in [0, 0.1) is 0 Å². The molecule has 1 atom stereocenters. The van der Waals surface area contributed by atoms with E-state index in [9.17, 15) is 9.59 Å². The summed E-state index contributed by atoms with van der Waals surface area (Å²) in [6.45, 7) is 0.526. The van der Waals surface area contributed by atoms with Crippen LogP contribution in [0.2, 0.25) is 0 Å². The molecule has 1 rings (SSSR count). The lowest BCUT2D eigenvalue weighted by Crippen LogP contribution is -2.42. The van der Waals surface area contributed by atoms with Crippen molar-refractivity contribution < 1.29 is 9.59 Å². The van der Waals surface area contributed by atoms with Gasteiger partial charge >= 0.3 is 0 Å². The highest BCUT2D eigenvalue weighted by molar-refractivity contribution is 5.90. The number of amides is 2. The van der Waals surface area contributed by atoms with Gasteiger partial charge in [-0.15, -0.1) is 0 Å². The molecule has 1 aliphatic heterocycles. The molecule has 1 heterocycles. The van der Waals surface area contributed by atoms with E-state index < -0.39 is 6.04 Å². The van der Waals surface area contributed by atoms with Gasteiger partial charge in [-0.2, -0.15) is 0 Å². The number of nitrogens with one attached hydrogen (secondary N) is 2. The van der Waals surface area contributed by atoms with Gasteiger partial charge in [0.2, 0.25) is 11.8 Å². The quantitative estimate of drug-likeness (QED) is 0.279. The topological polar surface area (TPSA) is 107 Å². The Labute approximate surface area is 80.5 Å². The summed E-state index contributed by atoms with van der Waals surface area (Å²) in [5, 5.41) is 8.37. The van der Waals surface area contributed by atoms with Crippen molar-refractivity contribution in [2.45, 2.75) is 18.9 Å². The molecule has 0 aromatic rings. The van der Waals surface area contributed by atoms with Crippen molar-refractivity contribution in [2.75, 3.05) is 13.1 Å². The van der Waals surface area contributed by atoms with Crippen LogP contribution in [-0.4, -0.2) is 30.9 Å². The number of azide groups is 1. The molecule has 2 N–H and O–H groups in total. The molecule has 0 aromatic heterocycles. The number of hydrogen-bond acceptors (Lipinski definition) is 3. The summed E-state index contributed by atoms with van der Waals surface area (Å²) in [6, 6.07) is -0.423. The maximum atomic E-state index is 11.3. The fourth-order valence-corrected chi connectivity index (χ4v) is 1.21. The molecule has 0 aliphatic carbocycles. The van der Waals surface area contributed by atoms with Crippen molar-refractivity contribution in [1.29, 1.82) is 0 Å². The molecular weight excluding hydrogens is 186 g/mol. The SMILES string of the molecule is [N-]=[N+]=NCCNC(=O)[C@H]1CCC(=O)N1. The van der Waals surface area contributed by atoms with Gasteiger partial charge in [0.25, 0.3) is 0 Å². The Balaban J connectivity index is 2.21. The van der Waals surface area contributed by atoms with Gasteiger partial charge in [-0.1, -0.05) is 5.11 Å². The number of carbonyl (C=O) groups excluding carboxylic acids is 2. The van der Waals surface area contributed by atoms with E-state index in [1.807, 2.05) is 0 Å². The highest BCUT2D eigenvalue weighted by Gasteiger charge is 2.26. The van der Waals surface area contributed by atoms with Crippen LogP contribution < -0.4 is 10.6 Å². The van der Waals surface area contributed by atoms with Gasteiger partial charge < -0.3 is 10.6 Å². The first-order valence-electron chi connectivity index (χ1n) is 4.32. The van der Waals surface area contributed by atoms with Crippen LogP contribution in [0.4, 0.5) is 0 Å². The predicted molar refractivity (Wildman–Crippen MR) is 48.2 cm³/mol. The van der Waals surface area contributed by atoms with Crippen LogP contribution in [-0.2, 0) is 9.59 Å². The third kappa shape index (κ3) is 2.95. The zero-order valence-electron chi connectivity index (χ0n) is 7.56. The van der Waals surface area contributed by atoms with Gasteiger partial charge in [0.1, 0.15) is 6.04 Å². The Kier molecular flexibility index (Phi) is 3.75. The lowest BCUT2D eigenvalue weighted by atomic mass is 10.2. The molecule has 0 spiro atoms. The van der Waals surface area contributed by atoms with Crippen molar-refractivity contribution in [3.05, 3.63) is 10.4 Å². The van der Waals surface area contributed by atoms with E-state index in [1.54, 1.807) is 0 Å². The lowest BCUT2D eigenvalue weighted by molar-refractivity contribution is -0.125. The standard InChI is InChI=1S/C7H11N5O2/c8-12-10-4-3-9-7(14)5-1-2-6(13)11-5/h5H,1-4H2,(H,9,14)(H,11,13)/t5-/m1/s1. The van der Waals surface area contributed by atoms with E-state index >= 15 is 0 Å². The third-order valence-electron chi connectivity index (χ3n) is 1.89. The molecule has 0 radical (unpaired) electrons. The van der Waals surface area contributed by atoms with Crippen LogP contribution in [0.25, 0.3) is 10.4 Å². The first kappa shape index (κ1) is 10.3. The van der Waals surface area contributed by atoms with Crippen LogP contribution in [0.15, 0.2) is 5.11 Å². The molecule has 1 fully saturated rings. The van der Waals surface area contributed by atoms with Gasteiger partial charge in [0.15, 0.2) is 0 Å². The van der Waals surface area contributed by atoms with Crippen molar-refractivity contribution in [3.63, 3.8) is 0 Å². The van der Waals surface area contributed by atoms with Gasteiger partial charge in [0.05, 0.1) is 0 Å². The maximum absolute atomic E-state index is 11.3. The van der Waals surface area contributed by atoms with Gasteiger partial charge in [-0.05, 0) is 12.0 Å². The highest BCUT2D eigenvalue weighted by Crippen LogP contribution is 2.05. The molecule has 14 heavy (non-hydrogen) atoms. The zero-order valence-corrected chi connectivity index (χ0v) is 7.56. The van der Waals surface area contributed by atoms with Crippen molar-refractivity contribution >= 4 is 11.8 Å². The van der Waals surface area contributed by atoms with Crippen LogP contribution in [0.3, 0.4) is 0 Å². The number of carbonyl (C=O) groups is 2. The zero-order chi connectivity index (χ0) is 10.4. The third-order valence-corrected chi connectivity index (χ3v) is 1.89. The van der Waals surface area contributed by atoms with Crippen molar-refractivity contribution in [2.24, 2.45) is 5.11 Å². The Morgan fingerprint density at radius 1 is 1.79 bits per heavy atom. The number of rotatable bonds is 4. The summed E-state index contributed by atoms with van der Waals surface area (Å²) in [5.41, 5.74) is 7.97. The number of nitrogens with zero attached hydrogens (tertiary/aromatic N) is 3. The molecular formula is C7H11N5O2. The minimum absolute atomic E-state index is 0.0970. The Morgan fingerprint density at radius 3 is 3.14 bits per heavy atom. The molecule has 76 valence electrons. The monoisotopic (exact) mass is 197 g/mol. The van der Waals surface area contributed by atoms with E-state index in [1.165, 1.54) is 0 Å². The normalized spacial score (nSPS) is 19.7. The van der Waals surface area contributed by atoms with Crippen LogP contribution in [0.5, 0.6) is 0 Å². The Morgan fingerprint density at radius 2 is 2.57 bits per heavy atom. The summed E-state index contributed by atoms with van der Waals surface area (Å²) in [7, 11) is 0. The molecule has 0 aromatic carbocycles. The summed E-state index contributed by atoms with van der Waals surface area (Å²) in [5.74, 6) is -0.316. The van der Waals surface area contributed by atoms with Crippen LogP contribution >= 0.6 is 0 Å². The first-order chi connectivity index (χ1) is 6.74. The molecule has 2 amide bonds. The smallest absolute Gasteiger partial charge is 0.242 e. The summed E-state index contributed by atoms with van der Waals surface area (Å²) in [4.78, 5) is 24.6. The first-order valence-corrected chi connectivity index (χ1v) is 4.32. The van der Waals surface area contributed by atoms with Gasteiger partial charge in [-0.25, -0.2) is 0 Å². The molecule has 0 unspecified atom stereocenters. The highest BCUT2D eigenvalue weighted by atomic mass is 16.2. The molecule has 0 saturated carbocycles. The average molecular weight is 197 g/mol. The van der Waals surface area contributed by atoms with Crippen molar-refractivity contribution in [3.8, 4) is 0 Å². The Bertz CT molecular complexity index is 284. The predicted octanol–water partition coefficient (Wildman–Crippen LogP) is -0.309. The second-order valence-corrected chi connectivity index (χ2v) is 2.90. The van der Waals surface area contributed by atoms with Gasteiger partial charge in [-0.3, -0.25) is 9.59 Å². The van der Waals surface area contributed by atoms with E-state index in [0.29, 0.717) is 19.4 Å². The Hall–Kier alpha value is -1.75. The molecule has 1 saturated heterocycles. The molecule has 7 nitrogen and oxygen atoms in total. The molecule has 7 heteroatoms. The van der Waals surface area contributed by atoms with Crippen LogP contribution in [0.1, 0.15) is 12.8 Å². The minimum Gasteiger partial charge on any atom is -0.354 e. The van der Waals surface area contributed by atoms with E-state index in [4.69, 9.17) is 5.53 Å². The van der Waals surface area contributed by atoms with Crippen molar-refractivity contribution in [1.82, 2.24) is 10.6 Å². The second kappa shape index (κ2) is 5.08. The molecule has 0 bridgehead atoms. The number of hydrogen-bond donors (Lipinski definition) is 2. The second-order valence-electron chi connectivity index (χ2n) is 2.90. The van der Waals surface area contributed by atoms with E-state index in [2.05, 4.69) is 20.7 Å². The average Bonchev–Trinajstić information content (AvgIpc) is 2.59. The maximum Gasteiger partial charge on any atom is 0.242 e. The van der Waals surface area contributed by atoms with E-state index in [0.717, 1.165) is 0 Å². The fourth-order valence-electron chi connectivity index (χ4n) is 1.21. The molecule has 1 aliphatic rings. The van der Waals surface area contributed by atoms with Gasteiger partial charge in [0, 0.05) is 24.4 Å².